The number of hydrogen-bond donors (Lipinski definition) is 3. The van der Waals surface area contributed by atoms with Crippen molar-refractivity contribution >= 4 is 41.2 Å². The maximum absolute atomic E-state index is 14.1. The lowest BCUT2D eigenvalue weighted by molar-refractivity contribution is -0.162. The van der Waals surface area contributed by atoms with Gasteiger partial charge in [0.2, 0.25) is 11.8 Å². The number of allylic oxidation sites excluding steroid dienone is 2. The number of benzene rings is 1. The van der Waals surface area contributed by atoms with Gasteiger partial charge in [-0.1, -0.05) is 50.6 Å². The Balaban J connectivity index is 1.81. The van der Waals surface area contributed by atoms with Gasteiger partial charge in [0.25, 0.3) is 0 Å². The Kier molecular flexibility index (Phi) is 12.2. The third-order valence-corrected chi connectivity index (χ3v) is 10.6. The Morgan fingerprint density at radius 1 is 1.20 bits per heavy atom. The van der Waals surface area contributed by atoms with Gasteiger partial charge in [0.15, 0.2) is 5.72 Å². The molecule has 4 bridgehead atoms. The van der Waals surface area contributed by atoms with Crippen LogP contribution in [0.15, 0.2) is 35.9 Å². The van der Waals surface area contributed by atoms with Gasteiger partial charge in [0.05, 0.1) is 25.3 Å². The molecule has 3 N–H and O–H groups in total. The second kappa shape index (κ2) is 15.5. The molecule has 3 heterocycles. The van der Waals surface area contributed by atoms with Gasteiger partial charge in [-0.15, -0.1) is 0 Å². The topological polar surface area (TPSA) is 177 Å². The van der Waals surface area contributed by atoms with E-state index in [0.29, 0.717) is 11.1 Å². The predicted octanol–water partition coefficient (Wildman–Crippen LogP) is 3.66. The summed E-state index contributed by atoms with van der Waals surface area (Å²) >= 11 is 6.70. The highest BCUT2D eigenvalue weighted by Crippen LogP contribution is 2.49. The van der Waals surface area contributed by atoms with Crippen LogP contribution >= 0.6 is 11.6 Å². The highest BCUT2D eigenvalue weighted by molar-refractivity contribution is 6.35. The van der Waals surface area contributed by atoms with Crippen molar-refractivity contribution in [2.24, 2.45) is 11.8 Å². The fourth-order valence-corrected chi connectivity index (χ4v) is 6.90. The first-order valence-electron chi connectivity index (χ1n) is 16.9. The van der Waals surface area contributed by atoms with Crippen molar-refractivity contribution in [2.45, 2.75) is 102 Å². The molecule has 14 nitrogen and oxygen atoms in total. The summed E-state index contributed by atoms with van der Waals surface area (Å²) < 4.78 is 28.9. The normalized spacial score (nSPS) is 33.5. The number of rotatable bonds is 6. The molecule has 2 saturated heterocycles. The summed E-state index contributed by atoms with van der Waals surface area (Å²) in [6, 6.07) is 2.13. The van der Waals surface area contributed by atoms with Gasteiger partial charge in [-0.2, -0.15) is 0 Å². The predicted molar refractivity (Wildman–Crippen MR) is 187 cm³/mol. The third kappa shape index (κ3) is 8.20. The van der Waals surface area contributed by atoms with E-state index in [1.807, 2.05) is 0 Å². The average molecular weight is 736 g/mol. The standard InChI is InChI=1S/C36H50ClN3O11/c1-18(2)32(43)39(7)21(5)33(44)50-27-16-28(41)40(8)23-14-22(15-24(47-9)29(23)37)30(42)19(3)12-11-13-26(48-10)36(46)17-25(49-34(45)38-36)20(4)31-35(27,6)51-31/h11-15,18,20-21,25-27,30-31,42,46H,16-17H2,1-10H3,(H,38,45)/b13-11+,19-12+/t20-,21?,25+,26-,27-,30?,31-,35+,36+/m1/s1. The molecule has 0 radical (unpaired) electrons. The maximum atomic E-state index is 14.1. The van der Waals surface area contributed by atoms with Crippen LogP contribution in [-0.4, -0.2) is 109 Å². The number of aliphatic hydroxyl groups is 2. The molecule has 0 spiro atoms. The van der Waals surface area contributed by atoms with Gasteiger partial charge in [0, 0.05) is 39.5 Å². The molecule has 51 heavy (non-hydrogen) atoms. The van der Waals surface area contributed by atoms with Crippen LogP contribution in [0.4, 0.5) is 10.5 Å². The molecule has 3 aliphatic heterocycles. The molecular weight excluding hydrogens is 686 g/mol. The van der Waals surface area contributed by atoms with Crippen LogP contribution in [0.2, 0.25) is 5.02 Å². The number of carbonyl (C=O) groups is 4. The Morgan fingerprint density at radius 2 is 1.86 bits per heavy atom. The highest BCUT2D eigenvalue weighted by atomic mass is 35.5. The zero-order chi connectivity index (χ0) is 38.2. The summed E-state index contributed by atoms with van der Waals surface area (Å²) in [6.07, 6.45) is -1.50. The van der Waals surface area contributed by atoms with Gasteiger partial charge in [-0.25, -0.2) is 9.59 Å². The van der Waals surface area contributed by atoms with Crippen molar-refractivity contribution in [1.29, 1.82) is 0 Å². The molecule has 1 aromatic rings. The van der Waals surface area contributed by atoms with E-state index in [0.717, 1.165) is 0 Å². The van der Waals surface area contributed by atoms with Crippen LogP contribution in [0.3, 0.4) is 0 Å². The summed E-state index contributed by atoms with van der Waals surface area (Å²) in [5.41, 5.74) is -2.04. The Hall–Kier alpha value is -3.69. The first-order valence-corrected chi connectivity index (χ1v) is 17.2. The van der Waals surface area contributed by atoms with Gasteiger partial charge in [-0.3, -0.25) is 14.9 Å². The van der Waals surface area contributed by atoms with E-state index in [2.05, 4.69) is 5.32 Å². The summed E-state index contributed by atoms with van der Waals surface area (Å²) in [6.45, 7) is 10.1. The van der Waals surface area contributed by atoms with Crippen molar-refractivity contribution in [1.82, 2.24) is 10.2 Å². The van der Waals surface area contributed by atoms with E-state index < -0.39 is 71.8 Å². The molecule has 1 aromatic carbocycles. The number of methoxy groups -OCH3 is 2. The molecule has 4 rings (SSSR count). The number of esters is 1. The van der Waals surface area contributed by atoms with Crippen molar-refractivity contribution < 1.29 is 53.1 Å². The van der Waals surface area contributed by atoms with E-state index in [4.69, 9.17) is 35.3 Å². The highest BCUT2D eigenvalue weighted by Gasteiger charge is 2.64. The first-order chi connectivity index (χ1) is 23.8. The summed E-state index contributed by atoms with van der Waals surface area (Å²) in [5, 5.41) is 25.6. The second-order valence-corrected chi connectivity index (χ2v) is 14.4. The minimum absolute atomic E-state index is 0.0978. The van der Waals surface area contributed by atoms with Gasteiger partial charge in [0.1, 0.15) is 46.8 Å². The van der Waals surface area contributed by atoms with E-state index in [1.54, 1.807) is 65.0 Å². The fraction of sp³-hybridized carbons (Fsp3) is 0.611. The number of alkyl carbamates (subject to hydrolysis) is 1. The number of anilines is 1. The zero-order valence-corrected chi connectivity index (χ0v) is 31.5. The lowest BCUT2D eigenvalue weighted by Gasteiger charge is -2.42. The number of carbonyl (C=O) groups excluding carboxylic acids is 4. The molecule has 2 unspecified atom stereocenters. The second-order valence-electron chi connectivity index (χ2n) is 14.1. The third-order valence-electron chi connectivity index (χ3n) is 10.2. The Labute approximate surface area is 303 Å². The summed E-state index contributed by atoms with van der Waals surface area (Å²) in [7, 11) is 5.80. The average Bonchev–Trinajstić information content (AvgIpc) is 3.78. The molecule has 9 atom stereocenters. The lowest BCUT2D eigenvalue weighted by atomic mass is 9.83. The lowest BCUT2D eigenvalue weighted by Crippen LogP contribution is -2.63. The molecule has 0 aromatic heterocycles. The zero-order valence-electron chi connectivity index (χ0n) is 30.8. The van der Waals surface area contributed by atoms with E-state index >= 15 is 0 Å². The van der Waals surface area contributed by atoms with Crippen LogP contribution in [0.1, 0.15) is 66.1 Å². The SMILES string of the molecule is COc1cc2cc(c1Cl)N(C)C(=O)C[C@@H](OC(=O)C(C)N(C)C(=O)C(C)C)[C@]1(C)O[C@@H]1[C@H](C)[C@@H]1C[C@@](O)(NC(=O)O1)[C@H](OC)/C=C/C=C(\C)C2O. The molecule has 0 saturated carbocycles. The molecule has 282 valence electrons. The number of epoxide rings is 1. The minimum Gasteiger partial charge on any atom is -0.495 e. The number of aliphatic hydroxyl groups excluding tert-OH is 1. The van der Waals surface area contributed by atoms with Gasteiger partial charge >= 0.3 is 12.1 Å². The number of nitrogens with zero attached hydrogens (tertiary/aromatic N) is 2. The molecular formula is C36H50ClN3O11. The summed E-state index contributed by atoms with van der Waals surface area (Å²) in [5.74, 6) is -2.24. The number of amides is 3. The minimum atomic E-state index is -1.89. The molecule has 3 aliphatic rings. The van der Waals surface area contributed by atoms with Gasteiger partial charge in [-0.05, 0) is 44.0 Å². The fourth-order valence-electron chi connectivity index (χ4n) is 6.58. The van der Waals surface area contributed by atoms with Crippen LogP contribution in [0, 0.1) is 11.8 Å². The van der Waals surface area contributed by atoms with Crippen molar-refractivity contribution in [3.05, 3.63) is 46.5 Å². The Morgan fingerprint density at radius 3 is 2.47 bits per heavy atom. The first kappa shape index (κ1) is 40.1. The number of nitrogens with one attached hydrogen (secondary N) is 1. The molecule has 15 heteroatoms. The van der Waals surface area contributed by atoms with Crippen molar-refractivity contribution in [3.8, 4) is 5.75 Å². The van der Waals surface area contributed by atoms with Crippen LogP contribution in [0.25, 0.3) is 0 Å². The smallest absolute Gasteiger partial charge is 0.409 e. The number of ether oxygens (including phenoxy) is 5. The maximum Gasteiger partial charge on any atom is 0.409 e. The van der Waals surface area contributed by atoms with Crippen LogP contribution in [-0.2, 0) is 33.3 Å². The quantitative estimate of drug-likeness (QED) is 0.287. The Bertz CT molecular complexity index is 1580. The molecule has 2 fully saturated rings. The van der Waals surface area contributed by atoms with E-state index in [-0.39, 0.29) is 41.1 Å². The number of halogens is 1. The van der Waals surface area contributed by atoms with Crippen LogP contribution in [0.5, 0.6) is 5.75 Å². The van der Waals surface area contributed by atoms with Crippen LogP contribution < -0.4 is 15.0 Å². The molecule has 0 aliphatic carbocycles. The van der Waals surface area contributed by atoms with Gasteiger partial charge < -0.3 is 43.7 Å². The van der Waals surface area contributed by atoms with Crippen molar-refractivity contribution in [3.63, 3.8) is 0 Å². The van der Waals surface area contributed by atoms with E-state index in [1.165, 1.54) is 45.0 Å². The van der Waals surface area contributed by atoms with E-state index in [9.17, 15) is 29.4 Å². The monoisotopic (exact) mass is 735 g/mol. The number of hydrogen-bond acceptors (Lipinski definition) is 11. The largest absolute Gasteiger partial charge is 0.495 e. The molecule has 3 amide bonds. The van der Waals surface area contributed by atoms with Crippen molar-refractivity contribution in [2.75, 3.05) is 33.2 Å². The number of fused-ring (bicyclic) bond motifs is 5. The number of likely N-dealkylation sites (N-methyl/N-ethyl adjacent to an activating group) is 1. The summed E-state index contributed by atoms with van der Waals surface area (Å²) in [4.78, 5) is 55.8.